The average molecular weight is 341 g/mol. The molecular formula is C17H15N3O3S. The first-order valence-electron chi connectivity index (χ1n) is 7.62. The molecule has 1 aliphatic heterocycles. The number of benzene rings is 1. The molecule has 0 N–H and O–H groups in total. The summed E-state index contributed by atoms with van der Waals surface area (Å²) in [5.41, 5.74) is 1.23. The number of thioether (sulfide) groups is 1. The molecule has 0 spiro atoms. The maximum absolute atomic E-state index is 5.87. The normalized spacial score (nSPS) is 16.1. The van der Waals surface area contributed by atoms with E-state index in [-0.39, 0.29) is 6.10 Å². The van der Waals surface area contributed by atoms with Gasteiger partial charge >= 0.3 is 0 Å². The summed E-state index contributed by atoms with van der Waals surface area (Å²) in [7, 11) is 0. The lowest BCUT2D eigenvalue weighted by molar-refractivity contribution is 0.0686. The zero-order valence-corrected chi connectivity index (χ0v) is 13.6. The molecule has 6 nitrogen and oxygen atoms in total. The van der Waals surface area contributed by atoms with Crippen LogP contribution in [0.1, 0.15) is 17.6 Å². The maximum atomic E-state index is 5.87. The fourth-order valence-electron chi connectivity index (χ4n) is 2.36. The number of nitrogens with zero attached hydrogens (tertiary/aromatic N) is 3. The van der Waals surface area contributed by atoms with Gasteiger partial charge in [-0.05, 0) is 36.2 Å². The van der Waals surface area contributed by atoms with Gasteiger partial charge in [0.1, 0.15) is 6.61 Å². The average Bonchev–Trinajstić information content (AvgIpc) is 3.11. The van der Waals surface area contributed by atoms with Gasteiger partial charge in [0.25, 0.3) is 11.1 Å². The molecule has 0 saturated carbocycles. The molecule has 122 valence electrons. The van der Waals surface area contributed by atoms with Crippen LogP contribution in [0.4, 0.5) is 0 Å². The summed E-state index contributed by atoms with van der Waals surface area (Å²) in [6, 6.07) is 11.6. The predicted octanol–water partition coefficient (Wildman–Crippen LogP) is 3.31. The molecular weight excluding hydrogens is 326 g/mol. The van der Waals surface area contributed by atoms with Crippen molar-refractivity contribution in [3.8, 4) is 11.5 Å². The Hall–Kier alpha value is -2.54. The van der Waals surface area contributed by atoms with Gasteiger partial charge in [-0.25, -0.2) is 0 Å². The van der Waals surface area contributed by atoms with Crippen molar-refractivity contribution in [2.24, 2.45) is 0 Å². The molecule has 1 aliphatic rings. The van der Waals surface area contributed by atoms with Crippen LogP contribution in [-0.2, 0) is 6.42 Å². The van der Waals surface area contributed by atoms with Crippen LogP contribution in [0.25, 0.3) is 0 Å². The van der Waals surface area contributed by atoms with Crippen molar-refractivity contribution in [3.63, 3.8) is 0 Å². The highest BCUT2D eigenvalue weighted by molar-refractivity contribution is 7.99. The second kappa shape index (κ2) is 6.92. The summed E-state index contributed by atoms with van der Waals surface area (Å²) in [6.45, 7) is 0.361. The lowest BCUT2D eigenvalue weighted by atomic mass is 10.2. The molecule has 1 aromatic carbocycles. The van der Waals surface area contributed by atoms with Crippen molar-refractivity contribution in [1.29, 1.82) is 0 Å². The fourth-order valence-corrected chi connectivity index (χ4v) is 3.11. The molecule has 3 heterocycles. The van der Waals surface area contributed by atoms with E-state index in [1.54, 1.807) is 12.4 Å². The van der Waals surface area contributed by atoms with Crippen molar-refractivity contribution < 1.29 is 13.9 Å². The third kappa shape index (κ3) is 3.35. The first kappa shape index (κ1) is 15.0. The second-order valence-corrected chi connectivity index (χ2v) is 6.27. The van der Waals surface area contributed by atoms with Gasteiger partial charge in [-0.2, -0.15) is 0 Å². The number of hydrogen-bond donors (Lipinski definition) is 0. The number of fused-ring (bicyclic) bond motifs is 1. The Morgan fingerprint density at radius 2 is 1.88 bits per heavy atom. The van der Waals surface area contributed by atoms with Crippen LogP contribution in [0, 0.1) is 0 Å². The van der Waals surface area contributed by atoms with Crippen LogP contribution in [0.3, 0.4) is 0 Å². The summed E-state index contributed by atoms with van der Waals surface area (Å²) in [5.74, 6) is 2.73. The first-order chi connectivity index (χ1) is 11.9. The fraction of sp³-hybridized carbons (Fsp3) is 0.235. The highest BCUT2D eigenvalue weighted by atomic mass is 32.2. The summed E-state index contributed by atoms with van der Waals surface area (Å²) >= 11 is 1.53. The van der Waals surface area contributed by atoms with Gasteiger partial charge < -0.3 is 13.9 Å². The Morgan fingerprint density at radius 3 is 2.75 bits per heavy atom. The van der Waals surface area contributed by atoms with Gasteiger partial charge in [0.15, 0.2) is 11.5 Å². The molecule has 0 radical (unpaired) electrons. The Labute approximate surface area is 143 Å². The number of hydrogen-bond acceptors (Lipinski definition) is 7. The van der Waals surface area contributed by atoms with Crippen LogP contribution in [0.15, 0.2) is 58.4 Å². The van der Waals surface area contributed by atoms with Crippen LogP contribution in [-0.4, -0.2) is 27.5 Å². The van der Waals surface area contributed by atoms with Crippen molar-refractivity contribution >= 4 is 11.8 Å². The van der Waals surface area contributed by atoms with Gasteiger partial charge in [0.05, 0.1) is 0 Å². The monoisotopic (exact) mass is 341 g/mol. The van der Waals surface area contributed by atoms with Gasteiger partial charge in [0, 0.05) is 18.1 Å². The Morgan fingerprint density at radius 1 is 1.04 bits per heavy atom. The molecule has 24 heavy (non-hydrogen) atoms. The zero-order valence-electron chi connectivity index (χ0n) is 12.8. The summed E-state index contributed by atoms with van der Waals surface area (Å²) in [5, 5.41) is 8.71. The number of aromatic nitrogens is 3. The van der Waals surface area contributed by atoms with E-state index in [2.05, 4.69) is 15.2 Å². The van der Waals surface area contributed by atoms with Crippen LogP contribution in [0.5, 0.6) is 11.5 Å². The van der Waals surface area contributed by atoms with Gasteiger partial charge in [-0.15, -0.1) is 10.2 Å². The Balaban J connectivity index is 1.35. The van der Waals surface area contributed by atoms with E-state index >= 15 is 0 Å². The number of pyridine rings is 1. The molecule has 4 rings (SSSR count). The molecule has 1 atom stereocenters. The van der Waals surface area contributed by atoms with Crippen LogP contribution < -0.4 is 9.47 Å². The van der Waals surface area contributed by atoms with E-state index < -0.39 is 0 Å². The molecule has 7 heteroatoms. The third-order valence-corrected chi connectivity index (χ3v) is 4.39. The molecule has 2 aromatic heterocycles. The standard InChI is InChI=1S/C17H15N3O3S/c1-2-4-14-13(3-1)21-11-15(22-14)16-19-20-17(23-16)24-10-7-12-5-8-18-9-6-12/h1-6,8-9,15H,7,10-11H2. The predicted molar refractivity (Wildman–Crippen MR) is 88.3 cm³/mol. The number of para-hydroxylation sites is 2. The van der Waals surface area contributed by atoms with E-state index in [1.807, 2.05) is 36.4 Å². The van der Waals surface area contributed by atoms with E-state index in [4.69, 9.17) is 13.9 Å². The maximum Gasteiger partial charge on any atom is 0.276 e. The second-order valence-electron chi connectivity index (χ2n) is 5.22. The summed E-state index contributed by atoms with van der Waals surface area (Å²) in [4.78, 5) is 4.01. The molecule has 3 aromatic rings. The highest BCUT2D eigenvalue weighted by Crippen LogP contribution is 2.35. The van der Waals surface area contributed by atoms with Crippen LogP contribution >= 0.6 is 11.8 Å². The minimum Gasteiger partial charge on any atom is -0.485 e. The minimum atomic E-state index is -0.373. The van der Waals surface area contributed by atoms with E-state index in [0.29, 0.717) is 23.5 Å². The zero-order chi connectivity index (χ0) is 16.2. The van der Waals surface area contributed by atoms with Gasteiger partial charge in [-0.1, -0.05) is 23.9 Å². The summed E-state index contributed by atoms with van der Waals surface area (Å²) in [6.07, 6.45) is 4.13. The first-order valence-corrected chi connectivity index (χ1v) is 8.60. The lowest BCUT2D eigenvalue weighted by Gasteiger charge is -2.23. The SMILES string of the molecule is c1ccc2c(c1)OCC(c1nnc(SCCc3ccncc3)o1)O2. The number of ether oxygens (including phenoxy) is 2. The lowest BCUT2D eigenvalue weighted by Crippen LogP contribution is -2.21. The minimum absolute atomic E-state index is 0.361. The van der Waals surface area contributed by atoms with Crippen molar-refractivity contribution in [1.82, 2.24) is 15.2 Å². The number of aryl methyl sites for hydroxylation is 1. The van der Waals surface area contributed by atoms with Gasteiger partial charge in [0.2, 0.25) is 6.10 Å². The van der Waals surface area contributed by atoms with E-state index in [9.17, 15) is 0 Å². The number of rotatable bonds is 5. The van der Waals surface area contributed by atoms with Crippen molar-refractivity contribution in [3.05, 3.63) is 60.2 Å². The molecule has 0 amide bonds. The van der Waals surface area contributed by atoms with Crippen molar-refractivity contribution in [2.45, 2.75) is 17.7 Å². The Kier molecular flexibility index (Phi) is 4.33. The molecule has 1 unspecified atom stereocenters. The van der Waals surface area contributed by atoms with E-state index in [0.717, 1.165) is 17.9 Å². The highest BCUT2D eigenvalue weighted by Gasteiger charge is 2.27. The molecule has 0 bridgehead atoms. The smallest absolute Gasteiger partial charge is 0.276 e. The quantitative estimate of drug-likeness (QED) is 0.659. The Bertz CT molecular complexity index is 810. The molecule has 0 aliphatic carbocycles. The summed E-state index contributed by atoms with van der Waals surface area (Å²) < 4.78 is 17.2. The third-order valence-electron chi connectivity index (χ3n) is 3.57. The van der Waals surface area contributed by atoms with E-state index in [1.165, 1.54) is 17.3 Å². The van der Waals surface area contributed by atoms with Gasteiger partial charge in [-0.3, -0.25) is 4.98 Å². The largest absolute Gasteiger partial charge is 0.485 e. The topological polar surface area (TPSA) is 70.3 Å². The molecule has 0 fully saturated rings. The molecule has 0 saturated heterocycles. The van der Waals surface area contributed by atoms with Crippen LogP contribution in [0.2, 0.25) is 0 Å². The van der Waals surface area contributed by atoms with Crippen molar-refractivity contribution in [2.75, 3.05) is 12.4 Å².